The summed E-state index contributed by atoms with van der Waals surface area (Å²) in [5.41, 5.74) is 0.371. The molecule has 0 fully saturated rings. The van der Waals surface area contributed by atoms with E-state index in [0.29, 0.717) is 5.56 Å². The summed E-state index contributed by atoms with van der Waals surface area (Å²) in [7, 11) is 1.18. The van der Waals surface area contributed by atoms with Crippen LogP contribution in [0.4, 0.5) is 10.7 Å². The van der Waals surface area contributed by atoms with Crippen LogP contribution >= 0.6 is 11.3 Å². The standard InChI is InChI=1S/C17H20N4O7S/c1-6-28-17(24)13-8(2)12(16(23)27-5)15(29-13)19-14(22)10(4)20-9(3)11(7-18-20)21(25)26/h7,10H,6H2,1-5H3,(H,19,22). The Bertz CT molecular complexity index is 979. The molecule has 2 aromatic rings. The summed E-state index contributed by atoms with van der Waals surface area (Å²) in [5.74, 6) is -1.91. The van der Waals surface area contributed by atoms with Crippen LogP contribution in [-0.2, 0) is 14.3 Å². The van der Waals surface area contributed by atoms with Crippen LogP contribution in [0.25, 0.3) is 0 Å². The summed E-state index contributed by atoms with van der Waals surface area (Å²) in [5, 5.41) is 17.6. The van der Waals surface area contributed by atoms with Crippen molar-refractivity contribution in [3.63, 3.8) is 0 Å². The lowest BCUT2D eigenvalue weighted by Crippen LogP contribution is -2.25. The van der Waals surface area contributed by atoms with E-state index in [4.69, 9.17) is 9.47 Å². The Kier molecular flexibility index (Phi) is 6.69. The Morgan fingerprint density at radius 3 is 2.52 bits per heavy atom. The fourth-order valence-electron chi connectivity index (χ4n) is 2.65. The van der Waals surface area contributed by atoms with Gasteiger partial charge in [-0.3, -0.25) is 19.6 Å². The molecule has 0 aliphatic heterocycles. The minimum absolute atomic E-state index is 0.0456. The van der Waals surface area contributed by atoms with Gasteiger partial charge in [0.25, 0.3) is 0 Å². The van der Waals surface area contributed by atoms with E-state index in [2.05, 4.69) is 10.4 Å². The third-order valence-corrected chi connectivity index (χ3v) is 5.38. The highest BCUT2D eigenvalue weighted by atomic mass is 32.1. The van der Waals surface area contributed by atoms with Crippen molar-refractivity contribution in [1.82, 2.24) is 9.78 Å². The number of nitro groups is 1. The van der Waals surface area contributed by atoms with Crippen molar-refractivity contribution in [3.05, 3.63) is 38.0 Å². The van der Waals surface area contributed by atoms with Gasteiger partial charge in [0.2, 0.25) is 5.91 Å². The molecule has 156 valence electrons. The van der Waals surface area contributed by atoms with E-state index in [9.17, 15) is 24.5 Å². The maximum absolute atomic E-state index is 12.7. The zero-order valence-electron chi connectivity index (χ0n) is 16.5. The predicted octanol–water partition coefficient (Wildman–Crippen LogP) is 2.63. The van der Waals surface area contributed by atoms with E-state index in [-0.39, 0.29) is 33.4 Å². The zero-order valence-corrected chi connectivity index (χ0v) is 17.3. The van der Waals surface area contributed by atoms with Crippen LogP contribution in [-0.4, -0.2) is 46.3 Å². The highest BCUT2D eigenvalue weighted by molar-refractivity contribution is 7.18. The second kappa shape index (κ2) is 8.82. The monoisotopic (exact) mass is 424 g/mol. The largest absolute Gasteiger partial charge is 0.465 e. The molecule has 1 unspecified atom stereocenters. The van der Waals surface area contributed by atoms with Crippen molar-refractivity contribution in [3.8, 4) is 0 Å². The van der Waals surface area contributed by atoms with Crippen molar-refractivity contribution in [2.75, 3.05) is 19.0 Å². The number of aromatic nitrogens is 2. The number of hydrogen-bond acceptors (Lipinski definition) is 9. The van der Waals surface area contributed by atoms with Gasteiger partial charge in [-0.25, -0.2) is 9.59 Å². The molecule has 0 radical (unpaired) electrons. The maximum Gasteiger partial charge on any atom is 0.348 e. The average Bonchev–Trinajstić information content (AvgIpc) is 3.20. The molecule has 1 N–H and O–H groups in total. The number of anilines is 1. The lowest BCUT2D eigenvalue weighted by molar-refractivity contribution is -0.385. The van der Waals surface area contributed by atoms with Gasteiger partial charge < -0.3 is 14.8 Å². The second-order valence-corrected chi connectivity index (χ2v) is 6.98. The van der Waals surface area contributed by atoms with Gasteiger partial charge >= 0.3 is 17.6 Å². The number of nitrogens with zero attached hydrogens (tertiary/aromatic N) is 3. The van der Waals surface area contributed by atoms with Gasteiger partial charge in [-0.2, -0.15) is 5.10 Å². The molecule has 0 spiro atoms. The van der Waals surface area contributed by atoms with Gasteiger partial charge in [0, 0.05) is 0 Å². The minimum atomic E-state index is -0.914. The first-order valence-corrected chi connectivity index (χ1v) is 9.33. The number of methoxy groups -OCH3 is 1. The first kappa shape index (κ1) is 22.0. The van der Waals surface area contributed by atoms with Crippen LogP contribution in [0.15, 0.2) is 6.20 Å². The molecular formula is C17H20N4O7S. The molecule has 1 atom stereocenters. The summed E-state index contributed by atoms with van der Waals surface area (Å²) in [6.45, 7) is 6.33. The Morgan fingerprint density at radius 1 is 1.34 bits per heavy atom. The van der Waals surface area contributed by atoms with Gasteiger partial charge in [-0.15, -0.1) is 11.3 Å². The van der Waals surface area contributed by atoms with E-state index in [1.54, 1.807) is 13.8 Å². The SMILES string of the molecule is CCOC(=O)c1sc(NC(=O)C(C)n2ncc([N+](=O)[O-])c2C)c(C(=O)OC)c1C. The van der Waals surface area contributed by atoms with Crippen LogP contribution in [0.5, 0.6) is 0 Å². The third-order valence-electron chi connectivity index (χ3n) is 4.20. The minimum Gasteiger partial charge on any atom is -0.465 e. The number of ether oxygens (including phenoxy) is 2. The van der Waals surface area contributed by atoms with Gasteiger partial charge in [0.15, 0.2) is 0 Å². The second-order valence-electron chi connectivity index (χ2n) is 5.95. The Balaban J connectivity index is 2.38. The number of thiophene rings is 1. The maximum atomic E-state index is 12.7. The van der Waals surface area contributed by atoms with Crippen molar-refractivity contribution in [2.24, 2.45) is 0 Å². The lowest BCUT2D eigenvalue weighted by Gasteiger charge is -2.14. The Hall–Kier alpha value is -3.28. The molecule has 1 amide bonds. The van der Waals surface area contributed by atoms with E-state index in [1.807, 2.05) is 0 Å². The number of hydrogen-bond donors (Lipinski definition) is 1. The summed E-state index contributed by atoms with van der Waals surface area (Å²) in [6, 6.07) is -0.914. The van der Waals surface area contributed by atoms with Gasteiger partial charge in [-0.05, 0) is 33.3 Å². The predicted molar refractivity (Wildman–Crippen MR) is 103 cm³/mol. The van der Waals surface area contributed by atoms with E-state index >= 15 is 0 Å². The molecule has 0 saturated carbocycles. The van der Waals surface area contributed by atoms with E-state index in [0.717, 1.165) is 17.5 Å². The number of nitrogens with one attached hydrogen (secondary N) is 1. The molecule has 0 aliphatic carbocycles. The lowest BCUT2D eigenvalue weighted by atomic mass is 10.1. The summed E-state index contributed by atoms with van der Waals surface area (Å²) in [4.78, 5) is 47.6. The average molecular weight is 424 g/mol. The fraction of sp³-hybridized carbons (Fsp3) is 0.412. The molecule has 0 bridgehead atoms. The van der Waals surface area contributed by atoms with Crippen molar-refractivity contribution in [2.45, 2.75) is 33.7 Å². The quantitative estimate of drug-likeness (QED) is 0.406. The molecule has 0 aromatic carbocycles. The first-order valence-electron chi connectivity index (χ1n) is 8.52. The molecule has 2 heterocycles. The summed E-state index contributed by atoms with van der Waals surface area (Å²) >= 11 is 0.888. The van der Waals surface area contributed by atoms with Crippen molar-refractivity contribution < 1.29 is 28.8 Å². The molecule has 0 saturated heterocycles. The van der Waals surface area contributed by atoms with Crippen LogP contribution in [0.2, 0.25) is 0 Å². The van der Waals surface area contributed by atoms with Gasteiger partial charge in [0.05, 0.1) is 24.2 Å². The first-order chi connectivity index (χ1) is 13.6. The molecule has 11 nitrogen and oxygen atoms in total. The topological polar surface area (TPSA) is 143 Å². The van der Waals surface area contributed by atoms with E-state index in [1.165, 1.54) is 25.6 Å². The number of carbonyl (C=O) groups excluding carboxylic acids is 3. The number of amides is 1. The molecular weight excluding hydrogens is 404 g/mol. The number of carbonyl (C=O) groups is 3. The molecule has 0 aliphatic rings. The normalized spacial score (nSPS) is 11.6. The van der Waals surface area contributed by atoms with Crippen LogP contribution in [0.3, 0.4) is 0 Å². The molecule has 2 aromatic heterocycles. The van der Waals surface area contributed by atoms with E-state index < -0.39 is 28.8 Å². The van der Waals surface area contributed by atoms with Gasteiger partial charge in [-0.1, -0.05) is 0 Å². The summed E-state index contributed by atoms with van der Waals surface area (Å²) in [6.07, 6.45) is 1.06. The third kappa shape index (κ3) is 4.26. The molecule has 12 heteroatoms. The Morgan fingerprint density at radius 2 is 2.00 bits per heavy atom. The van der Waals surface area contributed by atoms with Crippen LogP contribution < -0.4 is 5.32 Å². The zero-order chi connectivity index (χ0) is 21.9. The number of esters is 2. The highest BCUT2D eigenvalue weighted by Crippen LogP contribution is 2.35. The molecule has 29 heavy (non-hydrogen) atoms. The van der Waals surface area contributed by atoms with Gasteiger partial charge in [0.1, 0.15) is 27.8 Å². The summed E-state index contributed by atoms with van der Waals surface area (Å²) < 4.78 is 10.9. The number of rotatable bonds is 7. The fourth-order valence-corrected chi connectivity index (χ4v) is 3.74. The molecule has 2 rings (SSSR count). The Labute approximate surface area is 169 Å². The van der Waals surface area contributed by atoms with Crippen molar-refractivity contribution >= 4 is 39.9 Å². The highest BCUT2D eigenvalue weighted by Gasteiger charge is 2.29. The van der Waals surface area contributed by atoms with Crippen LogP contribution in [0, 0.1) is 24.0 Å². The van der Waals surface area contributed by atoms with Crippen LogP contribution in [0.1, 0.15) is 51.2 Å². The smallest absolute Gasteiger partial charge is 0.348 e. The van der Waals surface area contributed by atoms with Crippen molar-refractivity contribution in [1.29, 1.82) is 0 Å².